The predicted molar refractivity (Wildman–Crippen MR) is 90.5 cm³/mol. The standard InChI is InChI=1S/C18H34F3NO2/c1-4-5-6-7-8-9-10-11-12-15(16(22)18(19,20)21)17(23)24-13-14(2)3/h14-16H,4-13,22H2,1-3H3/t15-,16-/m1/s1. The SMILES string of the molecule is CCCCCCCCCC[C@@H](C(=O)OCC(C)C)[C@@H](N)C(F)(F)F. The lowest BCUT2D eigenvalue weighted by Gasteiger charge is -2.24. The third-order valence-corrected chi connectivity index (χ3v) is 4.04. The van der Waals surface area contributed by atoms with Crippen LogP contribution < -0.4 is 5.73 Å². The summed E-state index contributed by atoms with van der Waals surface area (Å²) in [5.41, 5.74) is 5.27. The van der Waals surface area contributed by atoms with Crippen molar-refractivity contribution in [2.45, 2.75) is 90.8 Å². The molecule has 3 nitrogen and oxygen atoms in total. The Morgan fingerprint density at radius 3 is 1.96 bits per heavy atom. The average molecular weight is 353 g/mol. The van der Waals surface area contributed by atoms with Crippen molar-refractivity contribution in [3.8, 4) is 0 Å². The molecule has 0 aliphatic heterocycles. The first-order valence-electron chi connectivity index (χ1n) is 9.19. The Labute approximate surface area is 144 Å². The summed E-state index contributed by atoms with van der Waals surface area (Å²) in [5, 5.41) is 0. The van der Waals surface area contributed by atoms with Crippen molar-refractivity contribution in [3.63, 3.8) is 0 Å². The largest absolute Gasteiger partial charge is 0.465 e. The number of alkyl halides is 3. The molecule has 0 aromatic carbocycles. The van der Waals surface area contributed by atoms with Crippen LogP contribution in [0.25, 0.3) is 0 Å². The van der Waals surface area contributed by atoms with Gasteiger partial charge in [0.05, 0.1) is 12.5 Å². The van der Waals surface area contributed by atoms with E-state index in [1.807, 2.05) is 13.8 Å². The Morgan fingerprint density at radius 2 is 1.50 bits per heavy atom. The highest BCUT2D eigenvalue weighted by atomic mass is 19.4. The minimum Gasteiger partial charge on any atom is -0.465 e. The molecule has 0 radical (unpaired) electrons. The van der Waals surface area contributed by atoms with Crippen LogP contribution in [0.3, 0.4) is 0 Å². The minimum atomic E-state index is -4.58. The first-order chi connectivity index (χ1) is 11.2. The molecule has 0 fully saturated rings. The summed E-state index contributed by atoms with van der Waals surface area (Å²) < 4.78 is 43.6. The number of rotatable bonds is 13. The smallest absolute Gasteiger partial charge is 0.404 e. The predicted octanol–water partition coefficient (Wildman–Crippen LogP) is 5.22. The Morgan fingerprint density at radius 1 is 1.00 bits per heavy atom. The number of hydrogen-bond acceptors (Lipinski definition) is 3. The van der Waals surface area contributed by atoms with Gasteiger partial charge in [0.25, 0.3) is 0 Å². The second-order valence-electron chi connectivity index (χ2n) is 6.96. The van der Waals surface area contributed by atoms with E-state index in [4.69, 9.17) is 10.5 Å². The molecule has 0 aromatic heterocycles. The molecular weight excluding hydrogens is 319 g/mol. The molecule has 0 rings (SSSR count). The number of hydrogen-bond donors (Lipinski definition) is 1. The van der Waals surface area contributed by atoms with Crippen LogP contribution in [0.1, 0.15) is 78.6 Å². The lowest BCUT2D eigenvalue weighted by molar-refractivity contribution is -0.177. The first-order valence-corrected chi connectivity index (χ1v) is 9.19. The third-order valence-electron chi connectivity index (χ3n) is 4.04. The number of unbranched alkanes of at least 4 members (excludes halogenated alkanes) is 7. The molecule has 2 N–H and O–H groups in total. The van der Waals surface area contributed by atoms with Gasteiger partial charge in [-0.3, -0.25) is 4.79 Å². The van der Waals surface area contributed by atoms with Gasteiger partial charge in [0.15, 0.2) is 0 Å². The van der Waals surface area contributed by atoms with Crippen LogP contribution >= 0.6 is 0 Å². The van der Waals surface area contributed by atoms with Crippen molar-refractivity contribution >= 4 is 5.97 Å². The summed E-state index contributed by atoms with van der Waals surface area (Å²) in [4.78, 5) is 12.0. The Bertz CT molecular complexity index is 333. The van der Waals surface area contributed by atoms with E-state index >= 15 is 0 Å². The maximum absolute atomic E-state index is 12.9. The minimum absolute atomic E-state index is 0.0832. The summed E-state index contributed by atoms with van der Waals surface area (Å²) >= 11 is 0. The maximum atomic E-state index is 12.9. The average Bonchev–Trinajstić information content (AvgIpc) is 2.49. The second-order valence-corrected chi connectivity index (χ2v) is 6.96. The molecular formula is C18H34F3NO2. The van der Waals surface area contributed by atoms with Crippen molar-refractivity contribution in [2.24, 2.45) is 17.6 Å². The number of esters is 1. The Kier molecular flexibility index (Phi) is 12.2. The molecule has 0 aromatic rings. The molecule has 0 unspecified atom stereocenters. The van der Waals surface area contributed by atoms with Crippen LogP contribution in [0, 0.1) is 11.8 Å². The monoisotopic (exact) mass is 353 g/mol. The van der Waals surface area contributed by atoms with Crippen LogP contribution in [0.15, 0.2) is 0 Å². The highest BCUT2D eigenvalue weighted by Gasteiger charge is 2.45. The number of halogens is 3. The van der Waals surface area contributed by atoms with Crippen LogP contribution in [-0.4, -0.2) is 24.8 Å². The second kappa shape index (κ2) is 12.6. The molecule has 0 aliphatic carbocycles. The fourth-order valence-electron chi connectivity index (χ4n) is 2.53. The summed E-state index contributed by atoms with van der Waals surface area (Å²) in [6, 6.07) is -2.15. The highest BCUT2D eigenvalue weighted by Crippen LogP contribution is 2.28. The lowest BCUT2D eigenvalue weighted by atomic mass is 9.93. The van der Waals surface area contributed by atoms with Gasteiger partial charge >= 0.3 is 12.1 Å². The van der Waals surface area contributed by atoms with Crippen molar-refractivity contribution < 1.29 is 22.7 Å². The molecule has 0 saturated heterocycles. The number of carbonyl (C=O) groups excluding carboxylic acids is 1. The Balaban J connectivity index is 4.28. The molecule has 2 atom stereocenters. The summed E-state index contributed by atoms with van der Waals surface area (Å²) in [7, 11) is 0. The number of ether oxygens (including phenoxy) is 1. The zero-order chi connectivity index (χ0) is 18.6. The van der Waals surface area contributed by atoms with E-state index in [2.05, 4.69) is 6.92 Å². The lowest BCUT2D eigenvalue weighted by Crippen LogP contribution is -2.47. The number of nitrogens with two attached hydrogens (primary N) is 1. The topological polar surface area (TPSA) is 52.3 Å². The van der Waals surface area contributed by atoms with Gasteiger partial charge in [-0.15, -0.1) is 0 Å². The van der Waals surface area contributed by atoms with E-state index in [0.29, 0.717) is 6.42 Å². The molecule has 0 amide bonds. The molecule has 24 heavy (non-hydrogen) atoms. The normalized spacial score (nSPS) is 14.7. The third kappa shape index (κ3) is 10.9. The van der Waals surface area contributed by atoms with Crippen LogP contribution in [-0.2, 0) is 9.53 Å². The summed E-state index contributed by atoms with van der Waals surface area (Å²) in [6.07, 6.45) is 3.81. The highest BCUT2D eigenvalue weighted by molar-refractivity contribution is 5.73. The molecule has 6 heteroatoms. The van der Waals surface area contributed by atoms with Gasteiger partial charge in [0.2, 0.25) is 0 Å². The van der Waals surface area contributed by atoms with E-state index in [0.717, 1.165) is 25.7 Å². The fraction of sp³-hybridized carbons (Fsp3) is 0.944. The van der Waals surface area contributed by atoms with Crippen molar-refractivity contribution in [3.05, 3.63) is 0 Å². The van der Waals surface area contributed by atoms with Crippen LogP contribution in [0.2, 0.25) is 0 Å². The first kappa shape index (κ1) is 23.2. The molecule has 0 aliphatic rings. The van der Waals surface area contributed by atoms with E-state index in [-0.39, 0.29) is 18.9 Å². The van der Waals surface area contributed by atoms with Crippen molar-refractivity contribution in [1.82, 2.24) is 0 Å². The van der Waals surface area contributed by atoms with E-state index < -0.39 is 24.1 Å². The van der Waals surface area contributed by atoms with Gasteiger partial charge in [-0.2, -0.15) is 13.2 Å². The van der Waals surface area contributed by atoms with E-state index in [9.17, 15) is 18.0 Å². The van der Waals surface area contributed by atoms with Gasteiger partial charge in [0, 0.05) is 0 Å². The summed E-state index contributed by atoms with van der Waals surface area (Å²) in [5.74, 6) is -2.04. The van der Waals surface area contributed by atoms with Gasteiger partial charge in [-0.1, -0.05) is 72.1 Å². The zero-order valence-electron chi connectivity index (χ0n) is 15.3. The van der Waals surface area contributed by atoms with Gasteiger partial charge in [0.1, 0.15) is 6.04 Å². The van der Waals surface area contributed by atoms with Crippen LogP contribution in [0.4, 0.5) is 13.2 Å². The van der Waals surface area contributed by atoms with Gasteiger partial charge < -0.3 is 10.5 Å². The molecule has 0 heterocycles. The van der Waals surface area contributed by atoms with Crippen molar-refractivity contribution in [2.75, 3.05) is 6.61 Å². The fourth-order valence-corrected chi connectivity index (χ4v) is 2.53. The van der Waals surface area contributed by atoms with Crippen molar-refractivity contribution in [1.29, 1.82) is 0 Å². The summed E-state index contributed by atoms with van der Waals surface area (Å²) in [6.45, 7) is 5.95. The van der Waals surface area contributed by atoms with E-state index in [1.54, 1.807) is 0 Å². The number of carbonyl (C=O) groups is 1. The molecule has 0 bridgehead atoms. The zero-order valence-corrected chi connectivity index (χ0v) is 15.3. The van der Waals surface area contributed by atoms with Gasteiger partial charge in [-0.05, 0) is 12.3 Å². The molecule has 144 valence electrons. The van der Waals surface area contributed by atoms with Crippen LogP contribution in [0.5, 0.6) is 0 Å². The quantitative estimate of drug-likeness (QED) is 0.365. The molecule has 0 spiro atoms. The molecule has 0 saturated carbocycles. The maximum Gasteiger partial charge on any atom is 0.404 e. The van der Waals surface area contributed by atoms with E-state index in [1.165, 1.54) is 19.3 Å². The van der Waals surface area contributed by atoms with Gasteiger partial charge in [-0.25, -0.2) is 0 Å². The Hall–Kier alpha value is -0.780.